The van der Waals surface area contributed by atoms with Crippen molar-refractivity contribution in [1.82, 2.24) is 4.57 Å². The van der Waals surface area contributed by atoms with Gasteiger partial charge < -0.3 is 14.4 Å². The third-order valence-electron chi connectivity index (χ3n) is 3.85. The maximum absolute atomic E-state index is 11.4. The minimum absolute atomic E-state index is 0.259. The average Bonchev–Trinajstić information content (AvgIpc) is 2.74. The zero-order valence-electron chi connectivity index (χ0n) is 13.3. The number of hydrogen-bond donors (Lipinski definition) is 1. The van der Waals surface area contributed by atoms with Gasteiger partial charge in [0.15, 0.2) is 0 Å². The van der Waals surface area contributed by atoms with E-state index in [1.807, 2.05) is 18.2 Å². The van der Waals surface area contributed by atoms with Gasteiger partial charge in [-0.3, -0.25) is 4.79 Å². The van der Waals surface area contributed by atoms with E-state index < -0.39 is 11.4 Å². The predicted molar refractivity (Wildman–Crippen MR) is 84.0 cm³/mol. The Morgan fingerprint density at radius 1 is 1.33 bits per heavy atom. The zero-order valence-corrected chi connectivity index (χ0v) is 13.3. The van der Waals surface area contributed by atoms with Gasteiger partial charge in [0.25, 0.3) is 0 Å². The molecular formula is C17H23NO3. The molecule has 2 rings (SSSR count). The van der Waals surface area contributed by atoms with Gasteiger partial charge in [0.2, 0.25) is 0 Å². The van der Waals surface area contributed by atoms with E-state index in [0.717, 1.165) is 22.3 Å². The van der Waals surface area contributed by atoms with Crippen LogP contribution in [0.3, 0.4) is 0 Å². The summed E-state index contributed by atoms with van der Waals surface area (Å²) in [6.07, 6.45) is 0.498. The number of aliphatic carboxylic acids is 1. The van der Waals surface area contributed by atoms with Gasteiger partial charge in [-0.2, -0.15) is 0 Å². The van der Waals surface area contributed by atoms with E-state index in [9.17, 15) is 9.90 Å². The Morgan fingerprint density at radius 2 is 2.00 bits per heavy atom. The molecule has 4 heteroatoms. The molecule has 1 aromatic carbocycles. The SMILES string of the molecule is COc1ccc2cc(CC(C)(C)C(=O)O)n(C(C)C)c2c1. The smallest absolute Gasteiger partial charge is 0.309 e. The summed E-state index contributed by atoms with van der Waals surface area (Å²) in [6, 6.07) is 8.30. The quantitative estimate of drug-likeness (QED) is 0.908. The first kappa shape index (κ1) is 15.4. The van der Waals surface area contributed by atoms with Crippen LogP contribution in [0, 0.1) is 5.41 Å². The average molecular weight is 289 g/mol. The Balaban J connectivity index is 2.58. The van der Waals surface area contributed by atoms with Crippen molar-refractivity contribution >= 4 is 16.9 Å². The fourth-order valence-electron chi connectivity index (χ4n) is 2.66. The van der Waals surface area contributed by atoms with E-state index in [4.69, 9.17) is 4.74 Å². The largest absolute Gasteiger partial charge is 0.497 e. The number of fused-ring (bicyclic) bond motifs is 1. The van der Waals surface area contributed by atoms with Gasteiger partial charge in [0, 0.05) is 29.6 Å². The third kappa shape index (κ3) is 2.89. The van der Waals surface area contributed by atoms with Crippen LogP contribution in [-0.2, 0) is 11.2 Å². The highest BCUT2D eigenvalue weighted by atomic mass is 16.5. The lowest BCUT2D eigenvalue weighted by atomic mass is 9.88. The van der Waals surface area contributed by atoms with Crippen LogP contribution in [0.4, 0.5) is 0 Å². The molecular weight excluding hydrogens is 266 g/mol. The number of methoxy groups -OCH3 is 1. The van der Waals surface area contributed by atoms with E-state index in [2.05, 4.69) is 24.5 Å². The van der Waals surface area contributed by atoms with Gasteiger partial charge in [0.1, 0.15) is 5.75 Å². The van der Waals surface area contributed by atoms with Gasteiger partial charge in [-0.1, -0.05) is 0 Å². The molecule has 1 heterocycles. The van der Waals surface area contributed by atoms with E-state index in [-0.39, 0.29) is 6.04 Å². The van der Waals surface area contributed by atoms with Gasteiger partial charge >= 0.3 is 5.97 Å². The normalized spacial score (nSPS) is 12.1. The van der Waals surface area contributed by atoms with E-state index >= 15 is 0 Å². The van der Waals surface area contributed by atoms with Crippen molar-refractivity contribution in [1.29, 1.82) is 0 Å². The molecule has 21 heavy (non-hydrogen) atoms. The van der Waals surface area contributed by atoms with Crippen LogP contribution in [0.5, 0.6) is 5.75 Å². The second-order valence-corrected chi connectivity index (χ2v) is 6.39. The maximum Gasteiger partial charge on any atom is 0.309 e. The van der Waals surface area contributed by atoms with Crippen molar-refractivity contribution in [2.45, 2.75) is 40.2 Å². The Morgan fingerprint density at radius 3 is 2.52 bits per heavy atom. The zero-order chi connectivity index (χ0) is 15.8. The lowest BCUT2D eigenvalue weighted by Gasteiger charge is -2.22. The summed E-state index contributed by atoms with van der Waals surface area (Å²) in [5, 5.41) is 10.5. The van der Waals surface area contributed by atoms with Crippen molar-refractivity contribution < 1.29 is 14.6 Å². The minimum atomic E-state index is -0.787. The minimum Gasteiger partial charge on any atom is -0.497 e. The number of benzene rings is 1. The number of hydrogen-bond acceptors (Lipinski definition) is 2. The predicted octanol–water partition coefficient (Wildman–Crippen LogP) is 3.88. The Labute approximate surface area is 125 Å². The second-order valence-electron chi connectivity index (χ2n) is 6.39. The van der Waals surface area contributed by atoms with Crippen LogP contribution in [0.25, 0.3) is 10.9 Å². The van der Waals surface area contributed by atoms with E-state index in [0.29, 0.717) is 6.42 Å². The second kappa shape index (κ2) is 5.43. The van der Waals surface area contributed by atoms with Crippen molar-refractivity contribution in [2.24, 2.45) is 5.41 Å². The molecule has 4 nitrogen and oxygen atoms in total. The topological polar surface area (TPSA) is 51.5 Å². The number of aromatic nitrogens is 1. The molecule has 114 valence electrons. The number of ether oxygens (including phenoxy) is 1. The number of nitrogens with zero attached hydrogens (tertiary/aromatic N) is 1. The van der Waals surface area contributed by atoms with Crippen molar-refractivity contribution in [3.8, 4) is 5.75 Å². The monoisotopic (exact) mass is 289 g/mol. The number of carbonyl (C=O) groups is 1. The van der Waals surface area contributed by atoms with Gasteiger partial charge in [-0.25, -0.2) is 0 Å². The first-order valence-corrected chi connectivity index (χ1v) is 7.17. The lowest BCUT2D eigenvalue weighted by Crippen LogP contribution is -2.27. The fourth-order valence-corrected chi connectivity index (χ4v) is 2.66. The first-order chi connectivity index (χ1) is 9.76. The molecule has 0 saturated heterocycles. The molecule has 0 aliphatic rings. The van der Waals surface area contributed by atoms with E-state index in [1.165, 1.54) is 0 Å². The molecule has 0 radical (unpaired) electrons. The Kier molecular flexibility index (Phi) is 3.99. The fraction of sp³-hybridized carbons (Fsp3) is 0.471. The molecule has 0 aliphatic heterocycles. The summed E-state index contributed by atoms with van der Waals surface area (Å²) in [5.41, 5.74) is 1.34. The summed E-state index contributed by atoms with van der Waals surface area (Å²) in [4.78, 5) is 11.4. The number of carboxylic acids is 1. The Bertz CT molecular complexity index is 668. The molecule has 0 spiro atoms. The van der Waals surface area contributed by atoms with Gasteiger partial charge in [-0.05, 0) is 45.9 Å². The molecule has 0 amide bonds. The van der Waals surface area contributed by atoms with Crippen LogP contribution >= 0.6 is 0 Å². The summed E-state index contributed by atoms with van der Waals surface area (Å²) >= 11 is 0. The summed E-state index contributed by atoms with van der Waals surface area (Å²) < 4.78 is 7.49. The number of rotatable bonds is 5. The highest BCUT2D eigenvalue weighted by Gasteiger charge is 2.29. The standard InChI is InChI=1S/C17H23NO3/c1-11(2)18-13(10-17(3,4)16(19)20)8-12-6-7-14(21-5)9-15(12)18/h6-9,11H,10H2,1-5H3,(H,19,20). The molecule has 0 fully saturated rings. The lowest BCUT2D eigenvalue weighted by molar-refractivity contribution is -0.146. The molecule has 1 N–H and O–H groups in total. The van der Waals surface area contributed by atoms with Crippen molar-refractivity contribution in [3.63, 3.8) is 0 Å². The highest BCUT2D eigenvalue weighted by molar-refractivity contribution is 5.83. The molecule has 0 saturated carbocycles. The first-order valence-electron chi connectivity index (χ1n) is 7.17. The maximum atomic E-state index is 11.4. The van der Waals surface area contributed by atoms with Crippen LogP contribution in [-0.4, -0.2) is 22.8 Å². The molecule has 0 bridgehead atoms. The van der Waals surface area contributed by atoms with Crippen LogP contribution < -0.4 is 4.74 Å². The summed E-state index contributed by atoms with van der Waals surface area (Å²) in [6.45, 7) is 7.74. The third-order valence-corrected chi connectivity index (χ3v) is 3.85. The van der Waals surface area contributed by atoms with Crippen molar-refractivity contribution in [3.05, 3.63) is 30.0 Å². The molecule has 0 atom stereocenters. The summed E-state index contributed by atoms with van der Waals surface area (Å²) in [7, 11) is 1.65. The van der Waals surface area contributed by atoms with Crippen molar-refractivity contribution in [2.75, 3.05) is 7.11 Å². The van der Waals surface area contributed by atoms with Gasteiger partial charge in [-0.15, -0.1) is 0 Å². The van der Waals surface area contributed by atoms with Crippen LogP contribution in [0.2, 0.25) is 0 Å². The molecule has 1 aromatic heterocycles. The molecule has 0 unspecified atom stereocenters. The Hall–Kier alpha value is -1.97. The van der Waals surface area contributed by atoms with Gasteiger partial charge in [0.05, 0.1) is 18.0 Å². The summed E-state index contributed by atoms with van der Waals surface area (Å²) in [5.74, 6) is 0.0344. The number of carboxylic acid groups (broad SMARTS) is 1. The molecule has 2 aromatic rings. The van der Waals surface area contributed by atoms with Crippen LogP contribution in [0.15, 0.2) is 24.3 Å². The highest BCUT2D eigenvalue weighted by Crippen LogP contribution is 2.31. The molecule has 0 aliphatic carbocycles. The van der Waals surface area contributed by atoms with Crippen LogP contribution in [0.1, 0.15) is 39.4 Å². The van der Waals surface area contributed by atoms with E-state index in [1.54, 1.807) is 21.0 Å².